The van der Waals surface area contributed by atoms with Gasteiger partial charge in [0.1, 0.15) is 0 Å². The number of hydrazone groups is 1. The maximum Gasteiger partial charge on any atom is 0.332 e. The first-order valence-corrected chi connectivity index (χ1v) is 8.19. The summed E-state index contributed by atoms with van der Waals surface area (Å²) < 4.78 is 0. The number of anilines is 1. The number of benzene rings is 1. The predicted molar refractivity (Wildman–Crippen MR) is 94.0 cm³/mol. The summed E-state index contributed by atoms with van der Waals surface area (Å²) in [5, 5.41) is 4.47. The number of halogens is 1. The number of nitrogens with one attached hydrogen (secondary N) is 1. The van der Waals surface area contributed by atoms with Crippen molar-refractivity contribution in [2.45, 2.75) is 19.8 Å². The summed E-state index contributed by atoms with van der Waals surface area (Å²) in [6, 6.07) is 6.07. The van der Waals surface area contributed by atoms with Gasteiger partial charge in [-0.15, -0.1) is 0 Å². The molecule has 0 spiro atoms. The number of primary amides is 1. The quantitative estimate of drug-likeness (QED) is 0.490. The third kappa shape index (κ3) is 3.28. The molecule has 0 bridgehead atoms. The van der Waals surface area contributed by atoms with Gasteiger partial charge in [0.2, 0.25) is 11.8 Å². The summed E-state index contributed by atoms with van der Waals surface area (Å²) >= 11 is 6.02. The first-order valence-electron chi connectivity index (χ1n) is 7.81. The molecule has 0 aromatic heterocycles. The number of fused-ring (bicyclic) bond motifs is 1. The van der Waals surface area contributed by atoms with Gasteiger partial charge >= 0.3 is 6.03 Å². The highest BCUT2D eigenvalue weighted by molar-refractivity contribution is 6.30. The predicted octanol–water partition coefficient (Wildman–Crippen LogP) is 2.10. The minimum Gasteiger partial charge on any atom is -0.350 e. The third-order valence-electron chi connectivity index (χ3n) is 4.45. The van der Waals surface area contributed by atoms with E-state index in [1.807, 2.05) is 6.08 Å². The van der Waals surface area contributed by atoms with Crippen LogP contribution in [0, 0.1) is 11.8 Å². The molecule has 0 radical (unpaired) electrons. The van der Waals surface area contributed by atoms with Crippen LogP contribution in [0.3, 0.4) is 0 Å². The maximum absolute atomic E-state index is 12.6. The van der Waals surface area contributed by atoms with Crippen molar-refractivity contribution in [2.75, 3.05) is 4.90 Å². The summed E-state index contributed by atoms with van der Waals surface area (Å²) in [5.74, 6) is -1.12. The van der Waals surface area contributed by atoms with E-state index >= 15 is 0 Å². The minimum atomic E-state index is -0.751. The van der Waals surface area contributed by atoms with Gasteiger partial charge in [0.25, 0.3) is 0 Å². The first-order chi connectivity index (χ1) is 11.9. The van der Waals surface area contributed by atoms with Crippen molar-refractivity contribution in [3.8, 4) is 0 Å². The lowest BCUT2D eigenvalue weighted by atomic mass is 9.85. The molecule has 1 fully saturated rings. The number of amides is 4. The summed E-state index contributed by atoms with van der Waals surface area (Å²) in [4.78, 5) is 37.2. The second-order valence-corrected chi connectivity index (χ2v) is 6.52. The van der Waals surface area contributed by atoms with E-state index in [1.165, 1.54) is 4.90 Å². The summed E-state index contributed by atoms with van der Waals surface area (Å²) in [6.07, 6.45) is 2.72. The number of allylic oxidation sites excluding steroid dienone is 2. The van der Waals surface area contributed by atoms with E-state index in [9.17, 15) is 14.4 Å². The molecule has 2 atom stereocenters. The van der Waals surface area contributed by atoms with E-state index in [1.54, 1.807) is 31.2 Å². The fraction of sp³-hybridized carbons (Fsp3) is 0.294. The zero-order chi connectivity index (χ0) is 18.1. The number of imide groups is 1. The number of hydrogen-bond acceptors (Lipinski definition) is 4. The van der Waals surface area contributed by atoms with Crippen LogP contribution in [0.1, 0.15) is 25.3 Å². The molecule has 25 heavy (non-hydrogen) atoms. The maximum atomic E-state index is 12.6. The standard InChI is InChI=1S/C17H17ClN4O3/c1-9(20-21-17(19)25)10-2-5-12(6-3-10)22-15(23)13-7-4-11(18)8-14(13)16(22)24/h2-6,13-14H,7-8H2,1H3,(H3,19,21,25)/b20-9-. The number of rotatable bonds is 3. The lowest BCUT2D eigenvalue weighted by Gasteiger charge is -2.17. The Kier molecular flexibility index (Phi) is 4.59. The molecule has 130 valence electrons. The van der Waals surface area contributed by atoms with Gasteiger partial charge in [-0.3, -0.25) is 14.5 Å². The molecule has 1 aromatic carbocycles. The van der Waals surface area contributed by atoms with Crippen molar-refractivity contribution in [1.29, 1.82) is 0 Å². The molecule has 8 heteroatoms. The Morgan fingerprint density at radius 2 is 1.88 bits per heavy atom. The molecule has 2 aliphatic rings. The van der Waals surface area contributed by atoms with E-state index in [-0.39, 0.29) is 23.7 Å². The van der Waals surface area contributed by atoms with Crippen LogP contribution in [0.4, 0.5) is 10.5 Å². The highest BCUT2D eigenvalue weighted by atomic mass is 35.5. The van der Waals surface area contributed by atoms with Gasteiger partial charge in [-0.1, -0.05) is 29.8 Å². The average Bonchev–Trinajstić information content (AvgIpc) is 2.83. The van der Waals surface area contributed by atoms with Crippen molar-refractivity contribution in [1.82, 2.24) is 5.43 Å². The summed E-state index contributed by atoms with van der Waals surface area (Å²) in [6.45, 7) is 1.71. The van der Waals surface area contributed by atoms with Crippen LogP contribution >= 0.6 is 11.6 Å². The smallest absolute Gasteiger partial charge is 0.332 e. The van der Waals surface area contributed by atoms with Gasteiger partial charge in [0.15, 0.2) is 0 Å². The van der Waals surface area contributed by atoms with E-state index in [4.69, 9.17) is 17.3 Å². The minimum absolute atomic E-state index is 0.191. The third-order valence-corrected chi connectivity index (χ3v) is 4.75. The van der Waals surface area contributed by atoms with Crippen molar-refractivity contribution >= 4 is 40.8 Å². The van der Waals surface area contributed by atoms with E-state index in [0.29, 0.717) is 29.3 Å². The highest BCUT2D eigenvalue weighted by Gasteiger charge is 2.48. The van der Waals surface area contributed by atoms with Crippen LogP contribution in [0.5, 0.6) is 0 Å². The molecule has 4 amide bonds. The zero-order valence-electron chi connectivity index (χ0n) is 13.5. The largest absolute Gasteiger partial charge is 0.350 e. The second-order valence-electron chi connectivity index (χ2n) is 6.04. The van der Waals surface area contributed by atoms with Crippen LogP contribution < -0.4 is 16.1 Å². The number of nitrogens with zero attached hydrogens (tertiary/aromatic N) is 2. The van der Waals surface area contributed by atoms with Gasteiger partial charge in [-0.2, -0.15) is 5.10 Å². The van der Waals surface area contributed by atoms with Crippen LogP contribution in [0.25, 0.3) is 0 Å². The Labute approximate surface area is 149 Å². The molecule has 1 aliphatic carbocycles. The SMILES string of the molecule is C/C(=N/NC(N)=O)c1ccc(N2C(=O)C3CC=C(Cl)CC3C2=O)cc1. The normalized spacial score (nSPS) is 23.4. The molecule has 3 N–H and O–H groups in total. The van der Waals surface area contributed by atoms with Crippen LogP contribution in [-0.4, -0.2) is 23.6 Å². The molecule has 1 aliphatic heterocycles. The molecular weight excluding hydrogens is 344 g/mol. The van der Waals surface area contributed by atoms with E-state index < -0.39 is 6.03 Å². The topological polar surface area (TPSA) is 105 Å². The molecule has 1 aromatic rings. The van der Waals surface area contributed by atoms with Gasteiger partial charge in [-0.05, 0) is 37.5 Å². The van der Waals surface area contributed by atoms with Crippen molar-refractivity contribution in [3.05, 3.63) is 40.9 Å². The summed E-state index contributed by atoms with van der Waals surface area (Å²) in [7, 11) is 0. The Bertz CT molecular complexity index is 801. The molecule has 2 unspecified atom stereocenters. The number of urea groups is 1. The fourth-order valence-corrected chi connectivity index (χ4v) is 3.39. The van der Waals surface area contributed by atoms with Crippen LogP contribution in [-0.2, 0) is 9.59 Å². The Hall–Kier alpha value is -2.67. The molecule has 0 saturated carbocycles. The Balaban J connectivity index is 1.81. The van der Waals surface area contributed by atoms with E-state index in [2.05, 4.69) is 10.5 Å². The second kappa shape index (κ2) is 6.68. The van der Waals surface area contributed by atoms with Gasteiger partial charge in [0, 0.05) is 5.03 Å². The zero-order valence-corrected chi connectivity index (χ0v) is 14.3. The summed E-state index contributed by atoms with van der Waals surface area (Å²) in [5.41, 5.74) is 8.93. The lowest BCUT2D eigenvalue weighted by Crippen LogP contribution is -2.30. The lowest BCUT2D eigenvalue weighted by molar-refractivity contribution is -0.122. The Morgan fingerprint density at radius 1 is 1.24 bits per heavy atom. The molecule has 1 saturated heterocycles. The Morgan fingerprint density at radius 3 is 2.52 bits per heavy atom. The van der Waals surface area contributed by atoms with Crippen molar-refractivity contribution < 1.29 is 14.4 Å². The molecule has 1 heterocycles. The molecular formula is C17H17ClN4O3. The highest BCUT2D eigenvalue weighted by Crippen LogP contribution is 2.40. The van der Waals surface area contributed by atoms with Crippen molar-refractivity contribution in [2.24, 2.45) is 22.7 Å². The van der Waals surface area contributed by atoms with Crippen LogP contribution in [0.2, 0.25) is 0 Å². The molecule has 7 nitrogen and oxygen atoms in total. The van der Waals surface area contributed by atoms with Gasteiger partial charge < -0.3 is 5.73 Å². The number of hydrogen-bond donors (Lipinski definition) is 2. The van der Waals surface area contributed by atoms with Gasteiger partial charge in [0.05, 0.1) is 23.2 Å². The average molecular weight is 361 g/mol. The first kappa shape index (κ1) is 17.2. The van der Waals surface area contributed by atoms with E-state index in [0.717, 1.165) is 5.56 Å². The molecule has 3 rings (SSSR count). The number of carbonyl (C=O) groups excluding carboxylic acids is 3. The number of carbonyl (C=O) groups is 3. The van der Waals surface area contributed by atoms with Gasteiger partial charge in [-0.25, -0.2) is 10.2 Å². The number of nitrogens with two attached hydrogens (primary N) is 1. The fourth-order valence-electron chi connectivity index (χ4n) is 3.14. The van der Waals surface area contributed by atoms with Crippen molar-refractivity contribution in [3.63, 3.8) is 0 Å². The monoisotopic (exact) mass is 360 g/mol. The van der Waals surface area contributed by atoms with Crippen LogP contribution in [0.15, 0.2) is 40.5 Å².